The number of rotatable bonds is 4. The minimum atomic E-state index is -0.441. The summed E-state index contributed by atoms with van der Waals surface area (Å²) in [5.41, 5.74) is 3.16. The van der Waals surface area contributed by atoms with E-state index >= 15 is 0 Å². The number of amides is 1. The Labute approximate surface area is 153 Å². The summed E-state index contributed by atoms with van der Waals surface area (Å²) in [5, 5.41) is 21.9. The molecule has 132 valence electrons. The molecule has 4 aromatic rings. The highest BCUT2D eigenvalue weighted by molar-refractivity contribution is 6.05. The standard InChI is InChI=1S/C20H14N4O3/c25-20(13-5-2-1-3-6-13)21-15-9-10-18-17(12-15)19(23-22-18)14-7-4-8-16(11-14)24(26)27/h1-12H,(H,21,25)(H,22,23). The number of H-pyrrole nitrogens is 1. The van der Waals surface area contributed by atoms with Gasteiger partial charge in [-0.2, -0.15) is 5.10 Å². The minimum Gasteiger partial charge on any atom is -0.322 e. The molecule has 7 nitrogen and oxygen atoms in total. The Morgan fingerprint density at radius 1 is 1.00 bits per heavy atom. The number of aromatic nitrogens is 2. The van der Waals surface area contributed by atoms with E-state index in [2.05, 4.69) is 15.5 Å². The van der Waals surface area contributed by atoms with Gasteiger partial charge in [0.1, 0.15) is 5.69 Å². The van der Waals surface area contributed by atoms with E-state index in [1.807, 2.05) is 12.1 Å². The van der Waals surface area contributed by atoms with Crippen molar-refractivity contribution in [3.05, 3.63) is 88.5 Å². The lowest BCUT2D eigenvalue weighted by molar-refractivity contribution is -0.384. The van der Waals surface area contributed by atoms with Crippen molar-refractivity contribution in [2.24, 2.45) is 0 Å². The first-order chi connectivity index (χ1) is 13.1. The average molecular weight is 358 g/mol. The maximum absolute atomic E-state index is 12.4. The molecule has 0 aliphatic heterocycles. The van der Waals surface area contributed by atoms with Crippen LogP contribution in [0, 0.1) is 10.1 Å². The molecule has 0 bridgehead atoms. The molecule has 0 spiro atoms. The van der Waals surface area contributed by atoms with E-state index in [0.717, 1.165) is 10.9 Å². The second kappa shape index (κ2) is 6.72. The normalized spacial score (nSPS) is 10.7. The highest BCUT2D eigenvalue weighted by atomic mass is 16.6. The molecule has 0 unspecified atom stereocenters. The van der Waals surface area contributed by atoms with Gasteiger partial charge in [0.05, 0.1) is 10.4 Å². The summed E-state index contributed by atoms with van der Waals surface area (Å²) in [5.74, 6) is -0.213. The van der Waals surface area contributed by atoms with Crippen molar-refractivity contribution < 1.29 is 9.72 Å². The van der Waals surface area contributed by atoms with Crippen LogP contribution in [0.25, 0.3) is 22.2 Å². The number of anilines is 1. The van der Waals surface area contributed by atoms with E-state index in [4.69, 9.17) is 0 Å². The van der Waals surface area contributed by atoms with Gasteiger partial charge in [0, 0.05) is 34.3 Å². The minimum absolute atomic E-state index is 0.00261. The molecule has 1 amide bonds. The first-order valence-corrected chi connectivity index (χ1v) is 8.21. The number of carbonyl (C=O) groups is 1. The number of benzene rings is 3. The Bertz CT molecular complexity index is 1150. The van der Waals surface area contributed by atoms with Crippen LogP contribution in [-0.2, 0) is 0 Å². The second-order valence-corrected chi connectivity index (χ2v) is 5.96. The Kier molecular flexibility index (Phi) is 4.10. The number of non-ortho nitro benzene ring substituents is 1. The molecule has 0 radical (unpaired) electrons. The molecule has 0 aliphatic carbocycles. The summed E-state index contributed by atoms with van der Waals surface area (Å²) in [7, 11) is 0. The van der Waals surface area contributed by atoms with Gasteiger partial charge in [-0.3, -0.25) is 20.0 Å². The molecule has 0 fully saturated rings. The van der Waals surface area contributed by atoms with E-state index < -0.39 is 4.92 Å². The molecule has 3 aromatic carbocycles. The quantitative estimate of drug-likeness (QED) is 0.417. The summed E-state index contributed by atoms with van der Waals surface area (Å²) < 4.78 is 0. The number of hydrogen-bond donors (Lipinski definition) is 2. The van der Waals surface area contributed by atoms with E-state index in [0.29, 0.717) is 22.5 Å². The van der Waals surface area contributed by atoms with Crippen LogP contribution in [0.3, 0.4) is 0 Å². The van der Waals surface area contributed by atoms with Crippen molar-refractivity contribution in [3.8, 4) is 11.3 Å². The lowest BCUT2D eigenvalue weighted by Gasteiger charge is -2.06. The largest absolute Gasteiger partial charge is 0.322 e. The summed E-state index contributed by atoms with van der Waals surface area (Å²) in [6.45, 7) is 0. The maximum atomic E-state index is 12.4. The lowest BCUT2D eigenvalue weighted by atomic mass is 10.1. The third-order valence-corrected chi connectivity index (χ3v) is 4.19. The van der Waals surface area contributed by atoms with E-state index in [1.165, 1.54) is 12.1 Å². The molecular formula is C20H14N4O3. The van der Waals surface area contributed by atoms with Crippen LogP contribution in [0.4, 0.5) is 11.4 Å². The molecule has 1 heterocycles. The zero-order chi connectivity index (χ0) is 18.8. The van der Waals surface area contributed by atoms with Gasteiger partial charge >= 0.3 is 0 Å². The Hall–Kier alpha value is -4.00. The molecule has 0 atom stereocenters. The van der Waals surface area contributed by atoms with Crippen molar-refractivity contribution in [1.82, 2.24) is 10.2 Å². The summed E-state index contributed by atoms with van der Waals surface area (Å²) in [6, 6.07) is 20.6. The Morgan fingerprint density at radius 2 is 1.81 bits per heavy atom. The Balaban J connectivity index is 1.70. The summed E-state index contributed by atoms with van der Waals surface area (Å²) in [6.07, 6.45) is 0. The fourth-order valence-electron chi connectivity index (χ4n) is 2.87. The number of fused-ring (bicyclic) bond motifs is 1. The van der Waals surface area contributed by atoms with Crippen molar-refractivity contribution in [1.29, 1.82) is 0 Å². The fourth-order valence-corrected chi connectivity index (χ4v) is 2.87. The van der Waals surface area contributed by atoms with Crippen molar-refractivity contribution in [3.63, 3.8) is 0 Å². The smallest absolute Gasteiger partial charge is 0.270 e. The molecule has 27 heavy (non-hydrogen) atoms. The van der Waals surface area contributed by atoms with Gasteiger partial charge in [-0.05, 0) is 30.3 Å². The number of carbonyl (C=O) groups excluding carboxylic acids is 1. The van der Waals surface area contributed by atoms with Crippen molar-refractivity contribution in [2.45, 2.75) is 0 Å². The first-order valence-electron chi connectivity index (χ1n) is 8.21. The molecule has 0 aliphatic rings. The monoisotopic (exact) mass is 358 g/mol. The average Bonchev–Trinajstić information content (AvgIpc) is 3.12. The SMILES string of the molecule is O=C(Nc1ccc2[nH]nc(-c3cccc([N+](=O)[O-])c3)c2c1)c1ccccc1. The highest BCUT2D eigenvalue weighted by Gasteiger charge is 2.13. The van der Waals surface area contributed by atoms with Gasteiger partial charge in [-0.1, -0.05) is 30.3 Å². The number of nitro benzene ring substituents is 1. The van der Waals surface area contributed by atoms with Gasteiger partial charge in [-0.15, -0.1) is 0 Å². The maximum Gasteiger partial charge on any atom is 0.270 e. The van der Waals surface area contributed by atoms with Gasteiger partial charge < -0.3 is 5.32 Å². The second-order valence-electron chi connectivity index (χ2n) is 5.96. The zero-order valence-electron chi connectivity index (χ0n) is 14.0. The fraction of sp³-hybridized carbons (Fsp3) is 0. The van der Waals surface area contributed by atoms with E-state index in [1.54, 1.807) is 48.5 Å². The molecule has 1 aromatic heterocycles. The van der Waals surface area contributed by atoms with Crippen LogP contribution >= 0.6 is 0 Å². The molecule has 0 saturated heterocycles. The zero-order valence-corrected chi connectivity index (χ0v) is 14.0. The van der Waals surface area contributed by atoms with Crippen LogP contribution in [0.1, 0.15) is 10.4 Å². The third kappa shape index (κ3) is 3.25. The van der Waals surface area contributed by atoms with Crippen molar-refractivity contribution in [2.75, 3.05) is 5.32 Å². The van der Waals surface area contributed by atoms with Gasteiger partial charge in [0.15, 0.2) is 0 Å². The Morgan fingerprint density at radius 3 is 2.59 bits per heavy atom. The molecule has 7 heteroatoms. The molecule has 4 rings (SSSR count). The number of nitrogens with zero attached hydrogens (tertiary/aromatic N) is 2. The van der Waals surface area contributed by atoms with Crippen molar-refractivity contribution >= 4 is 28.2 Å². The molecular weight excluding hydrogens is 344 g/mol. The number of nitro groups is 1. The van der Waals surface area contributed by atoms with Crippen LogP contribution in [-0.4, -0.2) is 21.0 Å². The highest BCUT2D eigenvalue weighted by Crippen LogP contribution is 2.30. The van der Waals surface area contributed by atoms with Gasteiger partial charge in [-0.25, -0.2) is 0 Å². The summed E-state index contributed by atoms with van der Waals surface area (Å²) >= 11 is 0. The van der Waals surface area contributed by atoms with Crippen LogP contribution < -0.4 is 5.32 Å². The van der Waals surface area contributed by atoms with E-state index in [-0.39, 0.29) is 11.6 Å². The van der Waals surface area contributed by atoms with Gasteiger partial charge in [0.2, 0.25) is 0 Å². The number of hydrogen-bond acceptors (Lipinski definition) is 4. The number of aromatic amines is 1. The third-order valence-electron chi connectivity index (χ3n) is 4.19. The lowest BCUT2D eigenvalue weighted by Crippen LogP contribution is -2.11. The predicted octanol–water partition coefficient (Wildman–Crippen LogP) is 4.39. The van der Waals surface area contributed by atoms with Gasteiger partial charge in [0.25, 0.3) is 11.6 Å². The van der Waals surface area contributed by atoms with Crippen LogP contribution in [0.15, 0.2) is 72.8 Å². The van der Waals surface area contributed by atoms with Crippen LogP contribution in [0.5, 0.6) is 0 Å². The number of nitrogens with one attached hydrogen (secondary N) is 2. The summed E-state index contributed by atoms with van der Waals surface area (Å²) in [4.78, 5) is 22.9. The predicted molar refractivity (Wildman–Crippen MR) is 103 cm³/mol. The molecule has 0 saturated carbocycles. The first kappa shape index (κ1) is 16.5. The molecule has 2 N–H and O–H groups in total. The van der Waals surface area contributed by atoms with E-state index in [9.17, 15) is 14.9 Å². The topological polar surface area (TPSA) is 101 Å². The van der Waals surface area contributed by atoms with Crippen LogP contribution in [0.2, 0.25) is 0 Å².